The average molecular weight is 162 g/mol. The van der Waals surface area contributed by atoms with Gasteiger partial charge < -0.3 is 0 Å². The van der Waals surface area contributed by atoms with E-state index in [1.807, 2.05) is 0 Å². The van der Waals surface area contributed by atoms with Crippen molar-refractivity contribution in [1.29, 1.82) is 0 Å². The van der Waals surface area contributed by atoms with Crippen molar-refractivity contribution in [1.82, 2.24) is 0 Å². The van der Waals surface area contributed by atoms with Crippen molar-refractivity contribution in [2.45, 2.75) is 11.4 Å². The summed E-state index contributed by atoms with van der Waals surface area (Å²) in [5, 5.41) is -1.59. The van der Waals surface area contributed by atoms with Crippen LogP contribution in [0.4, 0.5) is 13.2 Å². The SMILES string of the molecule is FC(F)(F)C(S)CS. The van der Waals surface area contributed by atoms with Gasteiger partial charge in [-0.2, -0.15) is 38.4 Å². The molecule has 0 rings (SSSR count). The fourth-order valence-corrected chi connectivity index (χ4v) is 0.311. The molecule has 0 saturated heterocycles. The summed E-state index contributed by atoms with van der Waals surface area (Å²) < 4.78 is 34.0. The van der Waals surface area contributed by atoms with Gasteiger partial charge in [-0.05, 0) is 0 Å². The molecule has 1 unspecified atom stereocenters. The highest BCUT2D eigenvalue weighted by molar-refractivity contribution is 7.84. The second kappa shape index (κ2) is 2.87. The third-order valence-electron chi connectivity index (χ3n) is 0.551. The first-order chi connectivity index (χ1) is 3.48. The minimum absolute atomic E-state index is 0.271. The zero-order valence-corrected chi connectivity index (χ0v) is 5.60. The van der Waals surface area contributed by atoms with Crippen LogP contribution < -0.4 is 0 Å². The molecule has 0 aliphatic rings. The minimum atomic E-state index is -4.20. The Morgan fingerprint density at radius 2 is 1.75 bits per heavy atom. The lowest BCUT2D eigenvalue weighted by atomic mass is 10.5. The topological polar surface area (TPSA) is 0 Å². The first-order valence-electron chi connectivity index (χ1n) is 1.84. The lowest BCUT2D eigenvalue weighted by molar-refractivity contribution is -0.123. The fraction of sp³-hybridized carbons (Fsp3) is 1.00. The minimum Gasteiger partial charge on any atom is -0.178 e. The lowest BCUT2D eigenvalue weighted by Gasteiger charge is -2.10. The maximum absolute atomic E-state index is 11.3. The Labute approximate surface area is 56.3 Å². The highest BCUT2D eigenvalue weighted by Crippen LogP contribution is 2.24. The number of halogens is 3. The van der Waals surface area contributed by atoms with Crippen molar-refractivity contribution in [2.24, 2.45) is 0 Å². The molecule has 0 radical (unpaired) electrons. The second-order valence-corrected chi connectivity index (χ2v) is 2.23. The standard InChI is InChI=1S/C3H5F3S2/c4-3(5,6)2(8)1-7/h2,7-8H,1H2. The van der Waals surface area contributed by atoms with Crippen molar-refractivity contribution >= 4 is 25.3 Å². The molecule has 8 heavy (non-hydrogen) atoms. The number of alkyl halides is 3. The van der Waals surface area contributed by atoms with E-state index in [1.165, 1.54) is 0 Å². The Bertz CT molecular complexity index is 69.4. The van der Waals surface area contributed by atoms with E-state index in [1.54, 1.807) is 0 Å². The number of hydrogen-bond donors (Lipinski definition) is 2. The van der Waals surface area contributed by atoms with E-state index in [0.717, 1.165) is 0 Å². The Morgan fingerprint density at radius 3 is 1.75 bits per heavy atom. The molecule has 1 atom stereocenters. The summed E-state index contributed by atoms with van der Waals surface area (Å²) in [7, 11) is 0. The van der Waals surface area contributed by atoms with Gasteiger partial charge in [-0.15, -0.1) is 0 Å². The molecular weight excluding hydrogens is 157 g/mol. The molecule has 0 aromatic carbocycles. The van der Waals surface area contributed by atoms with Crippen molar-refractivity contribution in [3.05, 3.63) is 0 Å². The zero-order valence-electron chi connectivity index (χ0n) is 3.81. The largest absolute Gasteiger partial charge is 0.401 e. The van der Waals surface area contributed by atoms with Crippen molar-refractivity contribution in [3.63, 3.8) is 0 Å². The molecule has 0 N–H and O–H groups in total. The molecule has 0 saturated carbocycles. The van der Waals surface area contributed by atoms with Crippen molar-refractivity contribution < 1.29 is 13.2 Å². The molecule has 0 amide bonds. The lowest BCUT2D eigenvalue weighted by Crippen LogP contribution is -2.24. The van der Waals surface area contributed by atoms with Crippen LogP contribution in [-0.2, 0) is 0 Å². The van der Waals surface area contributed by atoms with Crippen LogP contribution in [0.2, 0.25) is 0 Å². The first kappa shape index (κ1) is 8.49. The van der Waals surface area contributed by atoms with Crippen LogP contribution in [0.15, 0.2) is 0 Å². The van der Waals surface area contributed by atoms with E-state index < -0.39 is 11.4 Å². The van der Waals surface area contributed by atoms with Crippen LogP contribution in [-0.4, -0.2) is 17.2 Å². The zero-order chi connectivity index (χ0) is 6.78. The van der Waals surface area contributed by atoms with Gasteiger partial charge in [-0.3, -0.25) is 0 Å². The maximum Gasteiger partial charge on any atom is 0.401 e. The van der Waals surface area contributed by atoms with E-state index in [2.05, 4.69) is 25.3 Å². The van der Waals surface area contributed by atoms with Gasteiger partial charge in [0.15, 0.2) is 0 Å². The van der Waals surface area contributed by atoms with Gasteiger partial charge in [0, 0.05) is 5.75 Å². The summed E-state index contributed by atoms with van der Waals surface area (Å²) in [6.45, 7) is 0. The first-order valence-corrected chi connectivity index (χ1v) is 2.99. The summed E-state index contributed by atoms with van der Waals surface area (Å²) >= 11 is 6.62. The molecular formula is C3H5F3S2. The van der Waals surface area contributed by atoms with Crippen LogP contribution in [0, 0.1) is 0 Å². The molecule has 0 spiro atoms. The normalized spacial score (nSPS) is 16.1. The number of thiol groups is 2. The summed E-state index contributed by atoms with van der Waals surface area (Å²) in [5.41, 5.74) is 0. The fourth-order valence-electron chi connectivity index (χ4n) is 0.104. The molecule has 0 heterocycles. The Balaban J connectivity index is 3.62. The van der Waals surface area contributed by atoms with Gasteiger partial charge in [-0.25, -0.2) is 0 Å². The second-order valence-electron chi connectivity index (χ2n) is 1.24. The van der Waals surface area contributed by atoms with Crippen molar-refractivity contribution in [2.75, 3.05) is 5.75 Å². The third-order valence-corrected chi connectivity index (χ3v) is 1.68. The average Bonchev–Trinajstić information content (AvgIpc) is 1.62. The van der Waals surface area contributed by atoms with Gasteiger partial charge in [0.05, 0.1) is 0 Å². The van der Waals surface area contributed by atoms with E-state index in [4.69, 9.17) is 0 Å². The number of rotatable bonds is 1. The molecule has 0 aromatic rings. The van der Waals surface area contributed by atoms with Crippen LogP contribution in [0.5, 0.6) is 0 Å². The molecule has 0 fully saturated rings. The molecule has 5 heteroatoms. The smallest absolute Gasteiger partial charge is 0.178 e. The van der Waals surface area contributed by atoms with Crippen LogP contribution in [0.1, 0.15) is 0 Å². The maximum atomic E-state index is 11.3. The molecule has 0 bridgehead atoms. The summed E-state index contributed by atoms with van der Waals surface area (Å²) in [6.07, 6.45) is -4.20. The summed E-state index contributed by atoms with van der Waals surface area (Å²) in [4.78, 5) is 0. The quantitative estimate of drug-likeness (QED) is 0.539. The molecule has 0 aromatic heterocycles. The molecule has 0 aliphatic carbocycles. The van der Waals surface area contributed by atoms with E-state index >= 15 is 0 Å². The van der Waals surface area contributed by atoms with Gasteiger partial charge in [-0.1, -0.05) is 0 Å². The van der Waals surface area contributed by atoms with Crippen LogP contribution in [0.3, 0.4) is 0 Å². The van der Waals surface area contributed by atoms with Gasteiger partial charge in [0.25, 0.3) is 0 Å². The Kier molecular flexibility index (Phi) is 3.04. The highest BCUT2D eigenvalue weighted by atomic mass is 32.1. The van der Waals surface area contributed by atoms with E-state index in [-0.39, 0.29) is 5.75 Å². The predicted octanol–water partition coefficient (Wildman–Crippen LogP) is 1.78. The van der Waals surface area contributed by atoms with Crippen molar-refractivity contribution in [3.8, 4) is 0 Å². The van der Waals surface area contributed by atoms with E-state index in [9.17, 15) is 13.2 Å². The Hall–Kier alpha value is 0.490. The van der Waals surface area contributed by atoms with E-state index in [0.29, 0.717) is 0 Å². The molecule has 0 aliphatic heterocycles. The predicted molar refractivity (Wildman–Crippen MR) is 32.7 cm³/mol. The monoisotopic (exact) mass is 162 g/mol. The highest BCUT2D eigenvalue weighted by Gasteiger charge is 2.35. The van der Waals surface area contributed by atoms with Crippen LogP contribution in [0.25, 0.3) is 0 Å². The van der Waals surface area contributed by atoms with Gasteiger partial charge >= 0.3 is 6.18 Å². The van der Waals surface area contributed by atoms with Crippen LogP contribution >= 0.6 is 25.3 Å². The van der Waals surface area contributed by atoms with Gasteiger partial charge in [0.2, 0.25) is 0 Å². The van der Waals surface area contributed by atoms with Gasteiger partial charge in [0.1, 0.15) is 5.25 Å². The summed E-state index contributed by atoms with van der Waals surface area (Å²) in [6, 6.07) is 0. The molecule has 50 valence electrons. The number of hydrogen-bond acceptors (Lipinski definition) is 2. The third kappa shape index (κ3) is 2.71. The molecule has 0 nitrogen and oxygen atoms in total. The Morgan fingerprint density at radius 1 is 1.38 bits per heavy atom. The summed E-state index contributed by atoms with van der Waals surface area (Å²) in [5.74, 6) is -0.271.